The van der Waals surface area contributed by atoms with Crippen molar-refractivity contribution in [1.82, 2.24) is 10.6 Å². The van der Waals surface area contributed by atoms with Crippen molar-refractivity contribution < 1.29 is 1.43 Å². The summed E-state index contributed by atoms with van der Waals surface area (Å²) in [7, 11) is 0. The Labute approximate surface area is 76.6 Å². The summed E-state index contributed by atoms with van der Waals surface area (Å²) in [6, 6.07) is 1.68. The largest absolute Gasteiger partial charge is 0.314 e. The van der Waals surface area contributed by atoms with E-state index >= 15 is 0 Å². The van der Waals surface area contributed by atoms with Gasteiger partial charge < -0.3 is 10.6 Å². The summed E-state index contributed by atoms with van der Waals surface area (Å²) in [5.41, 5.74) is 0. The topological polar surface area (TPSA) is 24.1 Å². The molecule has 2 fully saturated rings. The summed E-state index contributed by atoms with van der Waals surface area (Å²) in [6.45, 7) is 2.51. The van der Waals surface area contributed by atoms with Gasteiger partial charge in [-0.25, -0.2) is 0 Å². The van der Waals surface area contributed by atoms with E-state index in [1.54, 1.807) is 0 Å². The fourth-order valence-electron chi connectivity index (χ4n) is 2.41. The highest BCUT2D eigenvalue weighted by Crippen LogP contribution is 2.16. The molecule has 0 radical (unpaired) electrons. The first kappa shape index (κ1) is 8.52. The molecule has 0 aromatic carbocycles. The molecule has 0 aromatic heterocycles. The van der Waals surface area contributed by atoms with Crippen molar-refractivity contribution >= 4 is 0 Å². The van der Waals surface area contributed by atoms with Crippen LogP contribution in [0.1, 0.15) is 40.0 Å². The summed E-state index contributed by atoms with van der Waals surface area (Å²) in [5.74, 6) is 0. The van der Waals surface area contributed by atoms with Crippen molar-refractivity contribution in [2.24, 2.45) is 0 Å². The zero-order chi connectivity index (χ0) is 8.23. The molecule has 2 aliphatic rings. The van der Waals surface area contributed by atoms with Crippen molar-refractivity contribution in [3.8, 4) is 0 Å². The summed E-state index contributed by atoms with van der Waals surface area (Å²) in [4.78, 5) is 0. The van der Waals surface area contributed by atoms with Crippen molar-refractivity contribution in [1.29, 1.82) is 0 Å². The first-order valence-electron chi connectivity index (χ1n) is 5.42. The Balaban J connectivity index is 0.000000845. The van der Waals surface area contributed by atoms with Crippen LogP contribution in [-0.2, 0) is 0 Å². The van der Waals surface area contributed by atoms with Gasteiger partial charge >= 0.3 is 0 Å². The maximum absolute atomic E-state index is 3.55. The fraction of sp³-hybridized carbons (Fsp3) is 1.00. The Hall–Kier alpha value is -0.0800. The highest BCUT2D eigenvalue weighted by Gasteiger charge is 2.18. The van der Waals surface area contributed by atoms with Gasteiger partial charge in [0, 0.05) is 13.5 Å². The Morgan fingerprint density at radius 3 is 1.75 bits per heavy atom. The minimum atomic E-state index is 0. The van der Waals surface area contributed by atoms with Gasteiger partial charge in [0.05, 0.1) is 0 Å². The average Bonchev–Trinajstić information content (AvgIpc) is 2.74. The van der Waals surface area contributed by atoms with Crippen LogP contribution < -0.4 is 10.6 Å². The van der Waals surface area contributed by atoms with E-state index in [1.165, 1.54) is 51.6 Å². The predicted molar refractivity (Wildman–Crippen MR) is 53.4 cm³/mol. The molecule has 2 rings (SSSR count). The lowest BCUT2D eigenvalue weighted by Gasteiger charge is -2.13. The third kappa shape index (κ3) is 2.20. The second-order valence-corrected chi connectivity index (χ2v) is 4.16. The van der Waals surface area contributed by atoms with E-state index in [9.17, 15) is 0 Å². The van der Waals surface area contributed by atoms with Gasteiger partial charge in [-0.2, -0.15) is 0 Å². The second kappa shape index (κ2) is 4.24. The van der Waals surface area contributed by atoms with Crippen molar-refractivity contribution in [3.63, 3.8) is 0 Å². The molecule has 2 nitrogen and oxygen atoms in total. The summed E-state index contributed by atoms with van der Waals surface area (Å²) in [6.07, 6.45) is 8.38. The summed E-state index contributed by atoms with van der Waals surface area (Å²) in [5, 5.41) is 7.11. The SMILES string of the molecule is C1CNC(CCC2CCCN2)C1.[2HH]. The Morgan fingerprint density at radius 1 is 0.917 bits per heavy atom. The molecule has 0 amide bonds. The van der Waals surface area contributed by atoms with E-state index in [4.69, 9.17) is 0 Å². The van der Waals surface area contributed by atoms with Crippen LogP contribution in [0.4, 0.5) is 0 Å². The van der Waals surface area contributed by atoms with Crippen LogP contribution in [-0.4, -0.2) is 25.2 Å². The molecular weight excluding hydrogens is 148 g/mol. The minimum Gasteiger partial charge on any atom is -0.314 e. The average molecular weight is 171 g/mol. The predicted octanol–water partition coefficient (Wildman–Crippen LogP) is 1.52. The van der Waals surface area contributed by atoms with Gasteiger partial charge in [-0.15, -0.1) is 0 Å². The molecule has 2 heterocycles. The Morgan fingerprint density at radius 2 is 1.42 bits per heavy atom. The number of nitrogens with one attached hydrogen (secondary N) is 2. The van der Waals surface area contributed by atoms with Gasteiger partial charge in [-0.05, 0) is 51.6 Å². The normalized spacial score (nSPS) is 36.0. The van der Waals surface area contributed by atoms with Crippen LogP contribution in [0.2, 0.25) is 0 Å². The minimum absolute atomic E-state index is 0. The lowest BCUT2D eigenvalue weighted by molar-refractivity contribution is 0.467. The molecule has 2 aliphatic heterocycles. The Kier molecular flexibility index (Phi) is 3.01. The van der Waals surface area contributed by atoms with E-state index in [0.29, 0.717) is 0 Å². The molecule has 0 saturated carbocycles. The molecule has 12 heavy (non-hydrogen) atoms. The van der Waals surface area contributed by atoms with Crippen molar-refractivity contribution in [2.75, 3.05) is 13.1 Å². The molecule has 2 unspecified atom stereocenters. The monoisotopic (exact) mass is 171 g/mol. The zero-order valence-electron chi connectivity index (χ0n) is 7.81. The molecule has 0 aliphatic carbocycles. The van der Waals surface area contributed by atoms with Gasteiger partial charge in [-0.1, -0.05) is 0 Å². The number of hydrogen-bond acceptors (Lipinski definition) is 2. The number of hydrogen-bond donors (Lipinski definition) is 2. The molecule has 0 bridgehead atoms. The third-order valence-corrected chi connectivity index (χ3v) is 3.19. The molecule has 72 valence electrons. The summed E-state index contributed by atoms with van der Waals surface area (Å²) >= 11 is 0. The molecule has 0 aromatic rings. The van der Waals surface area contributed by atoms with Gasteiger partial charge in [-0.3, -0.25) is 0 Å². The van der Waals surface area contributed by atoms with Crippen molar-refractivity contribution in [3.05, 3.63) is 0 Å². The molecule has 2 heteroatoms. The summed E-state index contributed by atoms with van der Waals surface area (Å²) < 4.78 is 0. The van der Waals surface area contributed by atoms with E-state index in [1.807, 2.05) is 0 Å². The standard InChI is InChI=1S/C10H20N2.H2/c1-3-9(11-7-1)5-6-10-4-2-8-12-10;/h9-12H,1-8H2;1H/i;1+1. The number of rotatable bonds is 3. The van der Waals surface area contributed by atoms with E-state index < -0.39 is 0 Å². The lowest BCUT2D eigenvalue weighted by atomic mass is 10.0. The van der Waals surface area contributed by atoms with E-state index in [2.05, 4.69) is 10.6 Å². The maximum Gasteiger partial charge on any atom is 0.00681 e. The Bertz CT molecular complexity index is 113. The van der Waals surface area contributed by atoms with E-state index in [-0.39, 0.29) is 1.43 Å². The quantitative estimate of drug-likeness (QED) is 0.672. The van der Waals surface area contributed by atoms with Crippen LogP contribution in [0.15, 0.2) is 0 Å². The smallest absolute Gasteiger partial charge is 0.00681 e. The molecular formula is C10H22N2. The zero-order valence-corrected chi connectivity index (χ0v) is 7.81. The fourth-order valence-corrected chi connectivity index (χ4v) is 2.41. The first-order valence-corrected chi connectivity index (χ1v) is 5.42. The van der Waals surface area contributed by atoms with Crippen LogP contribution in [0.25, 0.3) is 0 Å². The van der Waals surface area contributed by atoms with Gasteiger partial charge in [0.1, 0.15) is 0 Å². The van der Waals surface area contributed by atoms with E-state index in [0.717, 1.165) is 12.1 Å². The molecule has 2 atom stereocenters. The van der Waals surface area contributed by atoms with Crippen LogP contribution in [0, 0.1) is 0 Å². The first-order chi connectivity index (χ1) is 5.95. The van der Waals surface area contributed by atoms with Gasteiger partial charge in [0.2, 0.25) is 0 Å². The molecule has 2 saturated heterocycles. The molecule has 0 spiro atoms. The third-order valence-electron chi connectivity index (χ3n) is 3.19. The van der Waals surface area contributed by atoms with Gasteiger partial charge in [0.25, 0.3) is 0 Å². The van der Waals surface area contributed by atoms with Crippen LogP contribution in [0.5, 0.6) is 0 Å². The second-order valence-electron chi connectivity index (χ2n) is 4.16. The highest BCUT2D eigenvalue weighted by atomic mass is 15.0. The van der Waals surface area contributed by atoms with Gasteiger partial charge in [0.15, 0.2) is 0 Å². The van der Waals surface area contributed by atoms with Crippen LogP contribution >= 0.6 is 0 Å². The van der Waals surface area contributed by atoms with Crippen molar-refractivity contribution in [2.45, 2.75) is 50.6 Å². The lowest BCUT2D eigenvalue weighted by Crippen LogP contribution is -2.26. The molecule has 2 N–H and O–H groups in total. The maximum atomic E-state index is 3.55. The van der Waals surface area contributed by atoms with Crippen LogP contribution in [0.3, 0.4) is 0 Å². The highest BCUT2D eigenvalue weighted by molar-refractivity contribution is 4.79.